The van der Waals surface area contributed by atoms with Crippen LogP contribution in [-0.2, 0) is 5.41 Å². The fourth-order valence-electron chi connectivity index (χ4n) is 12.0. The first-order valence-electron chi connectivity index (χ1n) is 23.6. The maximum absolute atomic E-state index is 5.22. The maximum atomic E-state index is 5.22. The third-order valence-corrected chi connectivity index (χ3v) is 14.8. The minimum Gasteiger partial charge on any atom is -0.309 e. The van der Waals surface area contributed by atoms with E-state index in [1.165, 1.54) is 88.1 Å². The molecule has 1 spiro atoms. The normalized spacial score (nSPS) is 14.4. The van der Waals surface area contributed by atoms with Gasteiger partial charge < -0.3 is 9.13 Å². The van der Waals surface area contributed by atoms with Gasteiger partial charge in [-0.25, -0.2) is 15.0 Å². The summed E-state index contributed by atoms with van der Waals surface area (Å²) in [5, 5.41) is 5.00. The van der Waals surface area contributed by atoms with Gasteiger partial charge in [0.15, 0.2) is 17.5 Å². The van der Waals surface area contributed by atoms with Gasteiger partial charge >= 0.3 is 0 Å². The molecular weight excluding hydrogens is 839 g/mol. The Hall–Kier alpha value is -9.19. The fraction of sp³-hybridized carbons (Fsp3) is 0.0156. The molecule has 13 aromatic rings. The Morgan fingerprint density at radius 2 is 0.696 bits per heavy atom. The first-order chi connectivity index (χ1) is 34.2. The molecule has 10 aromatic carbocycles. The molecule has 15 rings (SSSR count). The molecule has 5 heteroatoms. The number of rotatable bonds is 5. The van der Waals surface area contributed by atoms with E-state index in [4.69, 9.17) is 15.0 Å². The number of fused-ring (bicyclic) bond motifs is 17. The van der Waals surface area contributed by atoms with E-state index in [0.717, 1.165) is 28.1 Å². The van der Waals surface area contributed by atoms with Crippen LogP contribution in [0.4, 0.5) is 0 Å². The predicted octanol–water partition coefficient (Wildman–Crippen LogP) is 15.4. The standard InChI is InChI=1S/C64H39N5/c1-4-18-40(19-5-1)61-65-62(41-20-6-2-7-21-41)67-63(66-61)42-32-34-47-45-24-10-14-28-51(45)64(53(47)38-42)52-29-15-11-25-46(52)48-35-33-44(39-54(48)64)69-56-31-17-13-27-50(56)60-58(69)37-36-57-59(60)49-26-12-16-30-55(49)68(57)43-22-8-3-9-23-43/h1-39H. The molecule has 0 amide bonds. The highest BCUT2D eigenvalue weighted by Crippen LogP contribution is 2.63. The lowest BCUT2D eigenvalue weighted by Gasteiger charge is -2.31. The van der Waals surface area contributed by atoms with E-state index in [1.807, 2.05) is 36.4 Å². The van der Waals surface area contributed by atoms with E-state index in [9.17, 15) is 0 Å². The number of hydrogen-bond acceptors (Lipinski definition) is 3. The third-order valence-electron chi connectivity index (χ3n) is 14.8. The van der Waals surface area contributed by atoms with Crippen LogP contribution >= 0.6 is 0 Å². The lowest BCUT2D eigenvalue weighted by Crippen LogP contribution is -2.26. The summed E-state index contributed by atoms with van der Waals surface area (Å²) in [6.45, 7) is 0. The zero-order valence-corrected chi connectivity index (χ0v) is 37.3. The Balaban J connectivity index is 0.989. The Bertz CT molecular complexity index is 4170. The van der Waals surface area contributed by atoms with E-state index in [-0.39, 0.29) is 0 Å². The largest absolute Gasteiger partial charge is 0.309 e. The van der Waals surface area contributed by atoms with Crippen molar-refractivity contribution in [1.29, 1.82) is 0 Å². The molecule has 0 N–H and O–H groups in total. The molecule has 69 heavy (non-hydrogen) atoms. The van der Waals surface area contributed by atoms with Crippen LogP contribution in [-0.4, -0.2) is 24.1 Å². The Morgan fingerprint density at radius 3 is 1.26 bits per heavy atom. The molecule has 0 saturated carbocycles. The van der Waals surface area contributed by atoms with E-state index < -0.39 is 5.41 Å². The number of para-hydroxylation sites is 3. The van der Waals surface area contributed by atoms with Crippen molar-refractivity contribution >= 4 is 43.6 Å². The molecule has 0 fully saturated rings. The summed E-state index contributed by atoms with van der Waals surface area (Å²) in [5.41, 5.74) is 19.3. The van der Waals surface area contributed by atoms with Gasteiger partial charge in [0.1, 0.15) is 0 Å². The summed E-state index contributed by atoms with van der Waals surface area (Å²) in [5.74, 6) is 1.93. The Morgan fingerprint density at radius 1 is 0.275 bits per heavy atom. The van der Waals surface area contributed by atoms with Gasteiger partial charge in [-0.1, -0.05) is 182 Å². The molecule has 2 aliphatic rings. The maximum Gasteiger partial charge on any atom is 0.164 e. The summed E-state index contributed by atoms with van der Waals surface area (Å²) in [7, 11) is 0. The van der Waals surface area contributed by atoms with Crippen LogP contribution in [0.5, 0.6) is 0 Å². The molecule has 320 valence electrons. The Kier molecular flexibility index (Phi) is 7.93. The number of nitrogens with zero attached hydrogens (tertiary/aromatic N) is 5. The van der Waals surface area contributed by atoms with Crippen molar-refractivity contribution in [1.82, 2.24) is 24.1 Å². The Labute approximate surface area is 397 Å². The molecule has 0 aliphatic heterocycles. The van der Waals surface area contributed by atoms with Crippen molar-refractivity contribution in [3.63, 3.8) is 0 Å². The molecule has 0 bridgehead atoms. The van der Waals surface area contributed by atoms with Crippen LogP contribution in [0.3, 0.4) is 0 Å². The van der Waals surface area contributed by atoms with Gasteiger partial charge in [-0.3, -0.25) is 0 Å². The molecule has 1 unspecified atom stereocenters. The second kappa shape index (κ2) is 14.4. The molecule has 2 aliphatic carbocycles. The van der Waals surface area contributed by atoms with Crippen molar-refractivity contribution in [2.75, 3.05) is 0 Å². The summed E-state index contributed by atoms with van der Waals surface area (Å²) in [6, 6.07) is 85.7. The lowest BCUT2D eigenvalue weighted by molar-refractivity contribution is 0.792. The molecule has 3 heterocycles. The molecule has 0 saturated heterocycles. The smallest absolute Gasteiger partial charge is 0.164 e. The van der Waals surface area contributed by atoms with Gasteiger partial charge in [-0.2, -0.15) is 0 Å². The van der Waals surface area contributed by atoms with Crippen molar-refractivity contribution in [3.8, 4) is 67.8 Å². The predicted molar refractivity (Wildman–Crippen MR) is 281 cm³/mol. The first-order valence-corrected chi connectivity index (χ1v) is 23.6. The highest BCUT2D eigenvalue weighted by Gasteiger charge is 2.52. The average molecular weight is 878 g/mol. The summed E-state index contributed by atoms with van der Waals surface area (Å²) >= 11 is 0. The van der Waals surface area contributed by atoms with Gasteiger partial charge in [0.05, 0.1) is 27.5 Å². The summed E-state index contributed by atoms with van der Waals surface area (Å²) in [6.07, 6.45) is 0. The van der Waals surface area contributed by atoms with Crippen LogP contribution in [0.2, 0.25) is 0 Å². The van der Waals surface area contributed by atoms with Gasteiger partial charge in [-0.15, -0.1) is 0 Å². The molecule has 0 radical (unpaired) electrons. The summed E-state index contributed by atoms with van der Waals surface area (Å²) in [4.78, 5) is 15.5. The monoisotopic (exact) mass is 877 g/mol. The molecule has 5 nitrogen and oxygen atoms in total. The average Bonchev–Trinajstić information content (AvgIpc) is 4.13. The van der Waals surface area contributed by atoms with Crippen molar-refractivity contribution in [2.45, 2.75) is 5.41 Å². The summed E-state index contributed by atoms with van der Waals surface area (Å²) < 4.78 is 4.91. The molecule has 1 atom stereocenters. The van der Waals surface area contributed by atoms with E-state index >= 15 is 0 Å². The number of benzene rings is 10. The van der Waals surface area contributed by atoms with Crippen LogP contribution in [0, 0.1) is 0 Å². The fourth-order valence-corrected chi connectivity index (χ4v) is 12.0. The van der Waals surface area contributed by atoms with Crippen LogP contribution in [0.25, 0.3) is 111 Å². The molecule has 3 aromatic heterocycles. The minimum absolute atomic E-state index is 0.615. The SMILES string of the molecule is c1ccc(-c2nc(-c3ccccc3)nc(-c3ccc4c(c3)C3(c5ccccc5-4)c4ccccc4-c4ccc(-n5c6ccccc6c6c7c8ccccc8n(-c8ccccc8)c7ccc65)cc43)n2)cc1. The molecular formula is C64H39N5. The van der Waals surface area contributed by atoms with Gasteiger partial charge in [0.2, 0.25) is 0 Å². The van der Waals surface area contributed by atoms with E-state index in [1.54, 1.807) is 0 Å². The zero-order valence-electron chi connectivity index (χ0n) is 37.3. The second-order valence-corrected chi connectivity index (χ2v) is 18.3. The number of aromatic nitrogens is 5. The van der Waals surface area contributed by atoms with Crippen LogP contribution in [0.1, 0.15) is 22.3 Å². The lowest BCUT2D eigenvalue weighted by atomic mass is 9.70. The quantitative estimate of drug-likeness (QED) is 0.173. The second-order valence-electron chi connectivity index (χ2n) is 18.3. The zero-order chi connectivity index (χ0) is 45.2. The minimum atomic E-state index is -0.615. The first kappa shape index (κ1) is 38.0. The van der Waals surface area contributed by atoms with E-state index in [0.29, 0.717) is 17.5 Å². The topological polar surface area (TPSA) is 48.5 Å². The van der Waals surface area contributed by atoms with Gasteiger partial charge in [-0.05, 0) is 99.1 Å². The third kappa shape index (κ3) is 5.27. The van der Waals surface area contributed by atoms with Crippen molar-refractivity contribution in [3.05, 3.63) is 259 Å². The van der Waals surface area contributed by atoms with Crippen LogP contribution in [0.15, 0.2) is 237 Å². The van der Waals surface area contributed by atoms with Crippen molar-refractivity contribution < 1.29 is 0 Å². The van der Waals surface area contributed by atoms with Gasteiger partial charge in [0, 0.05) is 49.6 Å². The van der Waals surface area contributed by atoms with Crippen molar-refractivity contribution in [2.24, 2.45) is 0 Å². The number of hydrogen-bond donors (Lipinski definition) is 0. The van der Waals surface area contributed by atoms with Crippen LogP contribution < -0.4 is 0 Å². The highest BCUT2D eigenvalue weighted by molar-refractivity contribution is 6.29. The highest BCUT2D eigenvalue weighted by atomic mass is 15.0. The van der Waals surface area contributed by atoms with Gasteiger partial charge in [0.25, 0.3) is 0 Å². The van der Waals surface area contributed by atoms with E-state index in [2.05, 4.69) is 209 Å².